The van der Waals surface area contributed by atoms with Crippen LogP contribution in [0, 0.1) is 6.92 Å². The van der Waals surface area contributed by atoms with Gasteiger partial charge in [-0.1, -0.05) is 23.7 Å². The fourth-order valence-electron chi connectivity index (χ4n) is 2.83. The molecule has 1 aliphatic rings. The monoisotopic (exact) mass is 343 g/mol. The summed E-state index contributed by atoms with van der Waals surface area (Å²) < 4.78 is 0. The Balaban J connectivity index is 2.14. The zero-order valence-corrected chi connectivity index (χ0v) is 13.5. The molecule has 7 heteroatoms. The van der Waals surface area contributed by atoms with Gasteiger partial charge < -0.3 is 5.11 Å². The molecule has 1 aromatic carbocycles. The van der Waals surface area contributed by atoms with Gasteiger partial charge in [-0.2, -0.15) is 5.10 Å². The molecule has 0 aliphatic carbocycles. The second-order valence-corrected chi connectivity index (χ2v) is 5.90. The van der Waals surface area contributed by atoms with Crippen LogP contribution in [0.5, 0.6) is 0 Å². The van der Waals surface area contributed by atoms with E-state index in [1.54, 1.807) is 43.5 Å². The Morgan fingerprint density at radius 2 is 2.00 bits per heavy atom. The van der Waals surface area contributed by atoms with E-state index in [2.05, 4.69) is 15.5 Å². The van der Waals surface area contributed by atoms with Gasteiger partial charge in [0.15, 0.2) is 0 Å². The Kier molecular flexibility index (Phi) is 4.31. The number of pyridine rings is 1. The molecule has 0 saturated carbocycles. The van der Waals surface area contributed by atoms with Gasteiger partial charge in [-0.05, 0) is 36.2 Å². The number of aryl methyl sites for hydroxylation is 1. The number of rotatable bonds is 3. The number of carboxylic acid groups (broad SMARTS) is 1. The summed E-state index contributed by atoms with van der Waals surface area (Å²) in [5, 5.41) is 14.3. The van der Waals surface area contributed by atoms with Crippen molar-refractivity contribution in [2.75, 3.05) is 0 Å². The predicted octanol–water partition coefficient (Wildman–Crippen LogP) is 2.75. The number of carbonyl (C=O) groups excluding carboxylic acids is 1. The number of benzene rings is 1. The third-order valence-electron chi connectivity index (χ3n) is 3.92. The molecule has 6 nitrogen and oxygen atoms in total. The number of nitrogens with one attached hydrogen (secondary N) is 1. The van der Waals surface area contributed by atoms with Crippen LogP contribution < -0.4 is 5.43 Å². The highest BCUT2D eigenvalue weighted by molar-refractivity contribution is 6.30. The van der Waals surface area contributed by atoms with Gasteiger partial charge in [-0.15, -0.1) is 0 Å². The van der Waals surface area contributed by atoms with Crippen molar-refractivity contribution >= 4 is 29.2 Å². The van der Waals surface area contributed by atoms with E-state index in [9.17, 15) is 14.7 Å². The Hall–Kier alpha value is -2.73. The van der Waals surface area contributed by atoms with Gasteiger partial charge in [-0.25, -0.2) is 10.2 Å². The van der Waals surface area contributed by atoms with Gasteiger partial charge in [-0.3, -0.25) is 9.78 Å². The molecule has 0 fully saturated rings. The van der Waals surface area contributed by atoms with Crippen molar-refractivity contribution in [3.05, 3.63) is 63.9 Å². The number of aromatic nitrogens is 1. The largest absolute Gasteiger partial charge is 0.478 e. The SMILES string of the molecule is Cc1nccc(C2CC(=O)NN=C2c2ccc(Cl)cc2)c1C(=O)O. The minimum atomic E-state index is -1.07. The molecule has 0 saturated heterocycles. The summed E-state index contributed by atoms with van der Waals surface area (Å²) in [7, 11) is 0. The van der Waals surface area contributed by atoms with Crippen molar-refractivity contribution in [3.63, 3.8) is 0 Å². The van der Waals surface area contributed by atoms with E-state index in [0.29, 0.717) is 22.0 Å². The average Bonchev–Trinajstić information content (AvgIpc) is 2.55. The zero-order valence-electron chi connectivity index (χ0n) is 12.8. The van der Waals surface area contributed by atoms with Gasteiger partial charge in [0.2, 0.25) is 5.91 Å². The molecule has 3 rings (SSSR count). The van der Waals surface area contributed by atoms with Crippen LogP contribution in [0.1, 0.15) is 39.5 Å². The minimum Gasteiger partial charge on any atom is -0.478 e. The third-order valence-corrected chi connectivity index (χ3v) is 4.17. The first-order valence-corrected chi connectivity index (χ1v) is 7.66. The minimum absolute atomic E-state index is 0.110. The highest BCUT2D eigenvalue weighted by atomic mass is 35.5. The molecule has 1 amide bonds. The van der Waals surface area contributed by atoms with E-state index in [4.69, 9.17) is 11.6 Å². The van der Waals surface area contributed by atoms with Gasteiger partial charge in [0, 0.05) is 23.6 Å². The van der Waals surface area contributed by atoms with Crippen LogP contribution in [0.15, 0.2) is 41.6 Å². The summed E-state index contributed by atoms with van der Waals surface area (Å²) in [6.07, 6.45) is 1.66. The first kappa shape index (κ1) is 16.1. The molecule has 2 heterocycles. The van der Waals surface area contributed by atoms with Crippen molar-refractivity contribution in [1.29, 1.82) is 0 Å². The molecule has 1 unspecified atom stereocenters. The first-order valence-electron chi connectivity index (χ1n) is 7.28. The van der Waals surface area contributed by atoms with Gasteiger partial charge in [0.1, 0.15) is 0 Å². The second kappa shape index (κ2) is 6.41. The molecule has 2 N–H and O–H groups in total. The van der Waals surface area contributed by atoms with Crippen molar-refractivity contribution in [2.24, 2.45) is 5.10 Å². The fourth-order valence-corrected chi connectivity index (χ4v) is 2.95. The Morgan fingerprint density at radius 3 is 2.67 bits per heavy atom. The lowest BCUT2D eigenvalue weighted by Gasteiger charge is -2.25. The van der Waals surface area contributed by atoms with Gasteiger partial charge in [0.05, 0.1) is 17.0 Å². The Labute approximate surface area is 143 Å². The topological polar surface area (TPSA) is 91.7 Å². The standard InChI is InChI=1S/C17H14ClN3O3/c1-9-15(17(23)24)12(6-7-19-9)13-8-14(22)20-21-16(13)10-2-4-11(18)5-3-10/h2-7,13H,8H2,1H3,(H,20,22)(H,23,24). The van der Waals surface area contributed by atoms with Crippen LogP contribution in [-0.2, 0) is 4.79 Å². The molecule has 2 aromatic rings. The molecule has 0 bridgehead atoms. The normalized spacial score (nSPS) is 17.2. The van der Waals surface area contributed by atoms with Crippen LogP contribution in [-0.4, -0.2) is 27.7 Å². The number of amides is 1. The number of aromatic carboxylic acids is 1. The second-order valence-electron chi connectivity index (χ2n) is 5.46. The van der Waals surface area contributed by atoms with E-state index < -0.39 is 11.9 Å². The van der Waals surface area contributed by atoms with Crippen LogP contribution in [0.25, 0.3) is 0 Å². The molecule has 0 spiro atoms. The first-order chi connectivity index (χ1) is 11.5. The molecule has 1 atom stereocenters. The maximum atomic E-state index is 11.8. The number of hydrazone groups is 1. The summed E-state index contributed by atoms with van der Waals surface area (Å²) in [6, 6.07) is 8.66. The lowest BCUT2D eigenvalue weighted by Crippen LogP contribution is -2.33. The summed E-state index contributed by atoms with van der Waals surface area (Å²) in [5.74, 6) is -1.80. The molecule has 0 radical (unpaired) electrons. The quantitative estimate of drug-likeness (QED) is 0.896. The molecule has 122 valence electrons. The number of carbonyl (C=O) groups is 2. The number of hydrogen-bond acceptors (Lipinski definition) is 4. The number of nitrogens with zero attached hydrogens (tertiary/aromatic N) is 2. The Bertz CT molecular complexity index is 847. The average molecular weight is 344 g/mol. The van der Waals surface area contributed by atoms with Crippen LogP contribution >= 0.6 is 11.6 Å². The third kappa shape index (κ3) is 3.00. The molecular formula is C17H14ClN3O3. The Morgan fingerprint density at radius 1 is 1.29 bits per heavy atom. The summed E-state index contributed by atoms with van der Waals surface area (Å²) in [5.41, 5.74) is 4.87. The van der Waals surface area contributed by atoms with E-state index in [1.165, 1.54) is 0 Å². The zero-order chi connectivity index (χ0) is 17.3. The summed E-state index contributed by atoms with van der Waals surface area (Å²) in [6.45, 7) is 1.63. The fraction of sp³-hybridized carbons (Fsp3) is 0.176. The number of carboxylic acids is 1. The van der Waals surface area contributed by atoms with Crippen LogP contribution in [0.2, 0.25) is 5.02 Å². The van der Waals surface area contributed by atoms with E-state index in [1.807, 2.05) is 0 Å². The van der Waals surface area contributed by atoms with Gasteiger partial charge >= 0.3 is 5.97 Å². The van der Waals surface area contributed by atoms with Crippen LogP contribution in [0.4, 0.5) is 0 Å². The van der Waals surface area contributed by atoms with Crippen molar-refractivity contribution in [1.82, 2.24) is 10.4 Å². The maximum absolute atomic E-state index is 11.8. The highest BCUT2D eigenvalue weighted by Crippen LogP contribution is 2.31. The molecule has 24 heavy (non-hydrogen) atoms. The van der Waals surface area contributed by atoms with E-state index in [0.717, 1.165) is 5.56 Å². The number of hydrogen-bond donors (Lipinski definition) is 2. The molecule has 1 aromatic heterocycles. The van der Waals surface area contributed by atoms with Crippen molar-refractivity contribution in [3.8, 4) is 0 Å². The number of halogens is 1. The summed E-state index contributed by atoms with van der Waals surface area (Å²) >= 11 is 5.92. The van der Waals surface area contributed by atoms with E-state index >= 15 is 0 Å². The van der Waals surface area contributed by atoms with Crippen molar-refractivity contribution < 1.29 is 14.7 Å². The smallest absolute Gasteiger partial charge is 0.337 e. The van der Waals surface area contributed by atoms with Gasteiger partial charge in [0.25, 0.3) is 0 Å². The molecular weight excluding hydrogens is 330 g/mol. The van der Waals surface area contributed by atoms with Crippen LogP contribution in [0.3, 0.4) is 0 Å². The maximum Gasteiger partial charge on any atom is 0.337 e. The van der Waals surface area contributed by atoms with E-state index in [-0.39, 0.29) is 17.9 Å². The summed E-state index contributed by atoms with van der Waals surface area (Å²) in [4.78, 5) is 27.5. The molecule has 1 aliphatic heterocycles. The van der Waals surface area contributed by atoms with Crippen molar-refractivity contribution in [2.45, 2.75) is 19.3 Å². The highest BCUT2D eigenvalue weighted by Gasteiger charge is 2.31. The lowest BCUT2D eigenvalue weighted by molar-refractivity contribution is -0.121. The predicted molar refractivity (Wildman–Crippen MR) is 89.4 cm³/mol. The lowest BCUT2D eigenvalue weighted by atomic mass is 9.84.